The highest BCUT2D eigenvalue weighted by Gasteiger charge is 2.72. The summed E-state index contributed by atoms with van der Waals surface area (Å²) in [5.41, 5.74) is -0.615. The largest absolute Gasteiger partial charge is 0.741 e. The predicted molar refractivity (Wildman–Crippen MR) is 135 cm³/mol. The molecule has 0 aromatic rings. The highest BCUT2D eigenvalue weighted by atomic mass is 33.1. The molecule has 0 aliphatic carbocycles. The number of rotatable bonds is 2. The topological polar surface area (TPSA) is 37.7 Å². The number of amidine groups is 2. The number of aliphatic imine (C=N–C) groups is 2. The van der Waals surface area contributed by atoms with Crippen LogP contribution in [0.5, 0.6) is 0 Å². The van der Waals surface area contributed by atoms with Crippen molar-refractivity contribution in [3.8, 4) is 0 Å². The second-order valence-electron chi connectivity index (χ2n) is 7.74. The second-order valence-corrected chi connectivity index (χ2v) is 20.7. The maximum atomic E-state index is 5.79. The molecule has 0 aromatic carbocycles. The zero-order valence-electron chi connectivity index (χ0n) is 16.1. The van der Waals surface area contributed by atoms with Crippen molar-refractivity contribution >= 4 is 96.5 Å². The van der Waals surface area contributed by atoms with Gasteiger partial charge in [0.05, 0.1) is 20.2 Å². The van der Waals surface area contributed by atoms with Crippen LogP contribution in [0, 0.1) is 0 Å². The van der Waals surface area contributed by atoms with Crippen LogP contribution in [0.1, 0.15) is 41.5 Å². The fraction of sp³-hybridized carbons (Fsp3) is 0.833. The molecule has 0 amide bonds. The van der Waals surface area contributed by atoms with Crippen molar-refractivity contribution in [1.29, 1.82) is 0 Å². The van der Waals surface area contributed by atoms with E-state index in [2.05, 4.69) is 9.98 Å². The van der Waals surface area contributed by atoms with Crippen LogP contribution >= 0.6 is 36.4 Å². The van der Waals surface area contributed by atoms with E-state index in [0.717, 1.165) is 0 Å². The minimum atomic E-state index is -2.54. The average Bonchev–Trinajstić information content (AvgIpc) is 2.32. The Morgan fingerprint density at radius 1 is 0.769 bits per heavy atom. The number of nitrogens with zero attached hydrogens (tertiary/aromatic N) is 6. The fourth-order valence-electron chi connectivity index (χ4n) is 1.99. The van der Waals surface area contributed by atoms with Gasteiger partial charge in [-0.2, -0.15) is 0 Å². The molecule has 26 heavy (non-hydrogen) atoms. The Morgan fingerprint density at radius 3 is 1.19 bits per heavy atom. The van der Waals surface area contributed by atoms with Gasteiger partial charge in [-0.1, -0.05) is 0 Å². The van der Waals surface area contributed by atoms with E-state index in [0.29, 0.717) is 10.3 Å². The van der Waals surface area contributed by atoms with E-state index >= 15 is 0 Å². The summed E-state index contributed by atoms with van der Waals surface area (Å²) in [6.45, 7) is 11.9. The van der Waals surface area contributed by atoms with Gasteiger partial charge < -0.3 is 49.8 Å². The molecule has 0 saturated carbocycles. The van der Waals surface area contributed by atoms with Crippen molar-refractivity contribution in [2.45, 2.75) is 52.6 Å². The van der Waals surface area contributed by atoms with Crippen LogP contribution in [0.2, 0.25) is 0 Å². The molecule has 152 valence electrons. The molecule has 0 spiro atoms. The van der Waals surface area contributed by atoms with Crippen molar-refractivity contribution in [2.75, 3.05) is 14.1 Å². The van der Waals surface area contributed by atoms with Gasteiger partial charge in [-0.3, -0.25) is 20.0 Å². The predicted octanol–water partition coefficient (Wildman–Crippen LogP) is 4.01. The summed E-state index contributed by atoms with van der Waals surface area (Å²) >= 11 is 32.0. The maximum absolute atomic E-state index is 5.79. The van der Waals surface area contributed by atoms with Gasteiger partial charge in [-0.15, -0.1) is 0 Å². The lowest BCUT2D eigenvalue weighted by Crippen LogP contribution is -2.58. The molecule has 1 heterocycles. The molecule has 0 radical (unpaired) electrons. The monoisotopic (exact) mass is 508 g/mol. The van der Waals surface area contributed by atoms with E-state index < -0.39 is 11.9 Å². The van der Waals surface area contributed by atoms with Gasteiger partial charge >= 0.3 is 0 Å². The molecule has 0 unspecified atom stereocenters. The molecule has 1 aliphatic heterocycles. The molecule has 0 N–H and O–H groups in total. The van der Waals surface area contributed by atoms with E-state index in [-0.39, 0.29) is 11.1 Å². The van der Waals surface area contributed by atoms with Crippen LogP contribution in [-0.4, -0.2) is 54.6 Å². The second kappa shape index (κ2) is 8.36. The van der Waals surface area contributed by atoms with Crippen molar-refractivity contribution in [3.05, 3.63) is 0 Å². The summed E-state index contributed by atoms with van der Waals surface area (Å²) in [4.78, 5) is 9.02. The van der Waals surface area contributed by atoms with Gasteiger partial charge in [0.15, 0.2) is 0 Å². The first-order chi connectivity index (χ1) is 11.3. The smallest absolute Gasteiger partial charge is 0.218 e. The van der Waals surface area contributed by atoms with Crippen LogP contribution in [0.3, 0.4) is 0 Å². The lowest BCUT2D eigenvalue weighted by Gasteiger charge is -2.63. The van der Waals surface area contributed by atoms with E-state index in [1.165, 1.54) is 0 Å². The lowest BCUT2D eigenvalue weighted by atomic mass is 10.1. The minimum Gasteiger partial charge on any atom is -0.741 e. The molecule has 1 saturated heterocycles. The van der Waals surface area contributed by atoms with Crippen molar-refractivity contribution < 1.29 is 0 Å². The maximum Gasteiger partial charge on any atom is 0.218 e. The molecule has 0 bridgehead atoms. The zero-order chi connectivity index (χ0) is 20.9. The van der Waals surface area contributed by atoms with Gasteiger partial charge in [0, 0.05) is 38.6 Å². The van der Waals surface area contributed by atoms with Gasteiger partial charge in [0.25, 0.3) is 0 Å². The van der Waals surface area contributed by atoms with E-state index in [9.17, 15) is 0 Å². The van der Waals surface area contributed by atoms with Crippen LogP contribution in [0.4, 0.5) is 0 Å². The van der Waals surface area contributed by atoms with Crippen molar-refractivity contribution in [1.82, 2.24) is 19.1 Å². The summed E-state index contributed by atoms with van der Waals surface area (Å²) < 4.78 is 3.62. The Balaban J connectivity index is 3.18. The minimum absolute atomic E-state index is 0.307. The molecular formula is C12H26N6P2S6-2. The fourth-order valence-corrected chi connectivity index (χ4v) is 22.4. The van der Waals surface area contributed by atoms with Crippen molar-refractivity contribution in [2.24, 2.45) is 9.98 Å². The third-order valence-corrected chi connectivity index (χ3v) is 16.7. The Labute approximate surface area is 191 Å². The normalized spacial score (nSPS) is 29.5. The third kappa shape index (κ3) is 5.80. The first-order valence-corrected chi connectivity index (χ1v) is 16.1. The van der Waals surface area contributed by atoms with Crippen LogP contribution in [0.25, 0.3) is 0 Å². The van der Waals surface area contributed by atoms with Gasteiger partial charge in [-0.05, 0) is 51.9 Å². The van der Waals surface area contributed by atoms with Crippen LogP contribution in [-0.2, 0) is 49.8 Å². The molecule has 0 atom stereocenters. The van der Waals surface area contributed by atoms with E-state index in [1.54, 1.807) is 24.1 Å². The highest BCUT2D eigenvalue weighted by molar-refractivity contribution is 8.91. The number of hydrogen-bond donors (Lipinski definition) is 2. The van der Waals surface area contributed by atoms with Crippen molar-refractivity contribution in [3.63, 3.8) is 0 Å². The van der Waals surface area contributed by atoms with Gasteiger partial charge in [0.2, 0.25) is 11.9 Å². The molecule has 0 aromatic heterocycles. The SMILES string of the molecule is CN(C([S-])=NC(C)(C)C)N1[P+]([S-])(S)N(N(C)C([S-])=NC(C)(C)C)[P+]1([S-])S. The number of hydrogen-bond acceptors (Lipinski definition) is 10. The van der Waals surface area contributed by atoms with Gasteiger partial charge in [0.1, 0.15) is 0 Å². The molecule has 1 rings (SSSR count). The molecule has 14 heteroatoms. The Bertz CT molecular complexity index is 536. The molecule has 1 fully saturated rings. The standard InChI is InChI=1S/C12H28N6P2S6/c1-11(2,3)13-9(21)15(7)17-19(23,24)18(20(17,25)26)16(8)10(22)14-12(4,5)6/h1-8H3,(H,13,21)(H,14,22)(H,23,24)(H,25,26)/p-2. The summed E-state index contributed by atoms with van der Waals surface area (Å²) in [6, 6.07) is 0. The van der Waals surface area contributed by atoms with E-state index in [1.807, 2.05) is 50.6 Å². The summed E-state index contributed by atoms with van der Waals surface area (Å²) in [7, 11) is 3.59. The first-order valence-electron chi connectivity index (χ1n) is 7.61. The quantitative estimate of drug-likeness (QED) is 0.191. The summed E-state index contributed by atoms with van der Waals surface area (Å²) in [5, 5.41) is 4.20. The number of thiol groups is 2. The first kappa shape index (κ1) is 25.6. The Hall–Kier alpha value is 1.56. The Kier molecular flexibility index (Phi) is 8.23. The summed E-state index contributed by atoms with van der Waals surface area (Å²) in [6.07, 6.45) is 0. The molecule has 6 nitrogen and oxygen atoms in total. The lowest BCUT2D eigenvalue weighted by molar-refractivity contribution is 0.216. The van der Waals surface area contributed by atoms with Gasteiger partial charge in [-0.25, -0.2) is 0 Å². The highest BCUT2D eigenvalue weighted by Crippen LogP contribution is 3.00. The Morgan fingerprint density at radius 2 is 1.00 bits per heavy atom. The third-order valence-electron chi connectivity index (χ3n) is 2.88. The molecular weight excluding hydrogens is 483 g/mol. The van der Waals surface area contributed by atoms with Crippen LogP contribution < -0.4 is 0 Å². The van der Waals surface area contributed by atoms with Crippen LogP contribution in [0.15, 0.2) is 9.98 Å². The molecule has 1 aliphatic rings. The average molecular weight is 509 g/mol. The number of hydrazine groups is 2. The van der Waals surface area contributed by atoms with E-state index in [4.69, 9.17) is 74.3 Å². The summed E-state index contributed by atoms with van der Waals surface area (Å²) in [5.74, 6) is -5.08. The zero-order valence-corrected chi connectivity index (χ0v) is 22.9.